The molecule has 0 saturated carbocycles. The Labute approximate surface area is 106 Å². The molecular weight excluding hydrogens is 272 g/mol. The molecule has 16 heavy (non-hydrogen) atoms. The van der Waals surface area contributed by atoms with Crippen LogP contribution in [0.3, 0.4) is 0 Å². The van der Waals surface area contributed by atoms with Gasteiger partial charge in [0.05, 0.1) is 18.0 Å². The third kappa shape index (κ3) is 4.03. The van der Waals surface area contributed by atoms with Gasteiger partial charge in [0.1, 0.15) is 0 Å². The van der Waals surface area contributed by atoms with Gasteiger partial charge in [-0.05, 0) is 20.8 Å². The van der Waals surface area contributed by atoms with Crippen molar-refractivity contribution in [3.63, 3.8) is 0 Å². The van der Waals surface area contributed by atoms with Crippen molar-refractivity contribution in [2.24, 2.45) is 0 Å². The van der Waals surface area contributed by atoms with E-state index in [1.807, 2.05) is 6.92 Å². The van der Waals surface area contributed by atoms with Crippen molar-refractivity contribution in [2.75, 3.05) is 32.8 Å². The van der Waals surface area contributed by atoms with Crippen LogP contribution >= 0.6 is 15.9 Å². The van der Waals surface area contributed by atoms with Crippen LogP contribution < -0.4 is 5.32 Å². The SMILES string of the molecule is CC(Br)C(=O)NCC(C)(C)N1CCOCC1. The molecule has 0 aliphatic carbocycles. The van der Waals surface area contributed by atoms with Crippen molar-refractivity contribution in [1.82, 2.24) is 10.2 Å². The second kappa shape index (κ2) is 5.98. The minimum Gasteiger partial charge on any atom is -0.379 e. The van der Waals surface area contributed by atoms with E-state index in [9.17, 15) is 4.79 Å². The molecule has 94 valence electrons. The third-order valence-corrected chi connectivity index (χ3v) is 3.34. The standard InChI is InChI=1S/C11H21BrN2O2/c1-9(12)10(15)13-8-11(2,3)14-4-6-16-7-5-14/h9H,4-8H2,1-3H3,(H,13,15). The molecule has 1 heterocycles. The summed E-state index contributed by atoms with van der Waals surface area (Å²) >= 11 is 3.26. The van der Waals surface area contributed by atoms with E-state index < -0.39 is 0 Å². The molecule has 0 spiro atoms. The van der Waals surface area contributed by atoms with Crippen LogP contribution in [0.5, 0.6) is 0 Å². The smallest absolute Gasteiger partial charge is 0.233 e. The topological polar surface area (TPSA) is 41.6 Å². The van der Waals surface area contributed by atoms with Crippen LogP contribution in [0.2, 0.25) is 0 Å². The highest BCUT2D eigenvalue weighted by molar-refractivity contribution is 9.10. The lowest BCUT2D eigenvalue weighted by atomic mass is 10.0. The predicted molar refractivity (Wildman–Crippen MR) is 67.9 cm³/mol. The van der Waals surface area contributed by atoms with Crippen molar-refractivity contribution in [3.05, 3.63) is 0 Å². The van der Waals surface area contributed by atoms with E-state index in [2.05, 4.69) is 40.0 Å². The minimum absolute atomic E-state index is 0.0126. The summed E-state index contributed by atoms with van der Waals surface area (Å²) in [5.74, 6) is 0.0429. The summed E-state index contributed by atoms with van der Waals surface area (Å²) in [6.07, 6.45) is 0. The molecule has 5 heteroatoms. The Bertz CT molecular complexity index is 238. The number of nitrogens with one attached hydrogen (secondary N) is 1. The molecule has 0 aromatic carbocycles. The summed E-state index contributed by atoms with van der Waals surface area (Å²) in [4.78, 5) is 13.7. The quantitative estimate of drug-likeness (QED) is 0.786. The van der Waals surface area contributed by atoms with Gasteiger partial charge in [-0.25, -0.2) is 0 Å². The number of carbonyl (C=O) groups excluding carboxylic acids is 1. The van der Waals surface area contributed by atoms with Crippen molar-refractivity contribution in [2.45, 2.75) is 31.1 Å². The fourth-order valence-corrected chi connectivity index (χ4v) is 1.89. The molecule has 1 fully saturated rings. The number of rotatable bonds is 4. The van der Waals surface area contributed by atoms with Gasteiger partial charge in [-0.1, -0.05) is 15.9 Å². The second-order valence-corrected chi connectivity index (χ2v) is 6.12. The molecule has 1 amide bonds. The van der Waals surface area contributed by atoms with Gasteiger partial charge in [0.15, 0.2) is 0 Å². The van der Waals surface area contributed by atoms with Crippen LogP contribution in [0.25, 0.3) is 0 Å². The van der Waals surface area contributed by atoms with E-state index >= 15 is 0 Å². The van der Waals surface area contributed by atoms with Crippen molar-refractivity contribution in [3.8, 4) is 0 Å². The molecule has 1 aliphatic rings. The van der Waals surface area contributed by atoms with Gasteiger partial charge in [0.25, 0.3) is 0 Å². The largest absolute Gasteiger partial charge is 0.379 e. The summed E-state index contributed by atoms with van der Waals surface area (Å²) in [6, 6.07) is 0. The van der Waals surface area contributed by atoms with Crippen molar-refractivity contribution in [1.29, 1.82) is 0 Å². The maximum Gasteiger partial charge on any atom is 0.233 e. The van der Waals surface area contributed by atoms with Crippen LogP contribution in [0.15, 0.2) is 0 Å². The number of alkyl halides is 1. The van der Waals surface area contributed by atoms with E-state index in [1.165, 1.54) is 0 Å². The van der Waals surface area contributed by atoms with E-state index in [4.69, 9.17) is 4.74 Å². The molecule has 0 aromatic heterocycles. The fourth-order valence-electron chi connectivity index (χ4n) is 1.72. The maximum atomic E-state index is 11.5. The van der Waals surface area contributed by atoms with Gasteiger partial charge in [0, 0.05) is 25.2 Å². The number of ether oxygens (including phenoxy) is 1. The Kier molecular flexibility index (Phi) is 5.21. The number of hydrogen-bond donors (Lipinski definition) is 1. The van der Waals surface area contributed by atoms with Crippen molar-refractivity contribution >= 4 is 21.8 Å². The maximum absolute atomic E-state index is 11.5. The first-order valence-corrected chi connectivity index (χ1v) is 6.59. The van der Waals surface area contributed by atoms with E-state index in [-0.39, 0.29) is 16.3 Å². The summed E-state index contributed by atoms with van der Waals surface area (Å²) in [7, 11) is 0. The number of hydrogen-bond acceptors (Lipinski definition) is 3. The third-order valence-electron chi connectivity index (χ3n) is 2.92. The Morgan fingerprint density at radius 1 is 1.50 bits per heavy atom. The molecule has 1 unspecified atom stereocenters. The molecule has 0 bridgehead atoms. The molecule has 1 aliphatic heterocycles. The minimum atomic E-state index is -0.131. The first-order valence-electron chi connectivity index (χ1n) is 5.68. The zero-order valence-electron chi connectivity index (χ0n) is 10.3. The van der Waals surface area contributed by atoms with E-state index in [0.717, 1.165) is 26.3 Å². The number of amides is 1. The zero-order chi connectivity index (χ0) is 12.2. The number of carbonyl (C=O) groups is 1. The molecule has 1 saturated heterocycles. The normalized spacial score (nSPS) is 20.5. The first kappa shape index (κ1) is 13.9. The van der Waals surface area contributed by atoms with E-state index in [1.54, 1.807) is 0 Å². The molecule has 1 N–H and O–H groups in total. The van der Waals surface area contributed by atoms with Gasteiger partial charge in [0.2, 0.25) is 5.91 Å². The highest BCUT2D eigenvalue weighted by Gasteiger charge is 2.28. The molecule has 0 radical (unpaired) electrons. The summed E-state index contributed by atoms with van der Waals surface area (Å²) < 4.78 is 5.32. The van der Waals surface area contributed by atoms with Gasteiger partial charge in [-0.2, -0.15) is 0 Å². The molecule has 1 atom stereocenters. The lowest BCUT2D eigenvalue weighted by molar-refractivity contribution is -0.121. The summed E-state index contributed by atoms with van der Waals surface area (Å²) in [5, 5.41) is 2.95. The number of nitrogens with zero attached hydrogens (tertiary/aromatic N) is 1. The van der Waals surface area contributed by atoms with Crippen LogP contribution in [0.4, 0.5) is 0 Å². The average Bonchev–Trinajstić information content (AvgIpc) is 2.27. The van der Waals surface area contributed by atoms with Crippen LogP contribution in [-0.4, -0.2) is 54.0 Å². The molecule has 1 rings (SSSR count). The van der Waals surface area contributed by atoms with Gasteiger partial charge in [-0.3, -0.25) is 9.69 Å². The number of morpholine rings is 1. The monoisotopic (exact) mass is 292 g/mol. The second-order valence-electron chi connectivity index (χ2n) is 4.75. The fraction of sp³-hybridized carbons (Fsp3) is 0.909. The van der Waals surface area contributed by atoms with Crippen molar-refractivity contribution < 1.29 is 9.53 Å². The lowest BCUT2D eigenvalue weighted by Gasteiger charge is -2.40. The summed E-state index contributed by atoms with van der Waals surface area (Å²) in [5.41, 5.74) is -0.0126. The van der Waals surface area contributed by atoms with Crippen LogP contribution in [0.1, 0.15) is 20.8 Å². The molecule has 4 nitrogen and oxygen atoms in total. The van der Waals surface area contributed by atoms with Crippen LogP contribution in [-0.2, 0) is 9.53 Å². The van der Waals surface area contributed by atoms with E-state index in [0.29, 0.717) is 6.54 Å². The van der Waals surface area contributed by atoms with Crippen LogP contribution in [0, 0.1) is 0 Å². The number of halogens is 1. The highest BCUT2D eigenvalue weighted by atomic mass is 79.9. The lowest BCUT2D eigenvalue weighted by Crippen LogP contribution is -2.55. The average molecular weight is 293 g/mol. The molecular formula is C11H21BrN2O2. The van der Waals surface area contributed by atoms with Gasteiger partial charge >= 0.3 is 0 Å². The summed E-state index contributed by atoms with van der Waals surface area (Å²) in [6.45, 7) is 10.2. The predicted octanol–water partition coefficient (Wildman–Crippen LogP) is 0.997. The Morgan fingerprint density at radius 2 is 2.06 bits per heavy atom. The molecule has 0 aromatic rings. The van der Waals surface area contributed by atoms with Gasteiger partial charge in [-0.15, -0.1) is 0 Å². The Hall–Kier alpha value is -0.130. The Morgan fingerprint density at radius 3 is 2.56 bits per heavy atom. The highest BCUT2D eigenvalue weighted by Crippen LogP contribution is 2.15. The van der Waals surface area contributed by atoms with Gasteiger partial charge < -0.3 is 10.1 Å². The first-order chi connectivity index (χ1) is 7.43. The Balaban J connectivity index is 2.40. The zero-order valence-corrected chi connectivity index (χ0v) is 11.8.